The first-order chi connectivity index (χ1) is 10.9. The molecule has 0 radical (unpaired) electrons. The molecular formula is C20H19OP. The summed E-state index contributed by atoms with van der Waals surface area (Å²) in [6.45, 7) is 0. The first-order valence-corrected chi connectivity index (χ1v) is 9.69. The molecule has 0 unspecified atom stereocenters. The molecule has 3 aromatic rings. The topological polar surface area (TPSA) is 17.1 Å². The molecule has 0 spiro atoms. The second-order valence-electron chi connectivity index (χ2n) is 5.37. The van der Waals surface area contributed by atoms with Gasteiger partial charge in [-0.3, -0.25) is 0 Å². The van der Waals surface area contributed by atoms with Crippen LogP contribution in [0.5, 0.6) is 0 Å². The number of aldehydes is 1. The number of rotatable bonds is 5. The van der Waals surface area contributed by atoms with Crippen LogP contribution in [0.4, 0.5) is 0 Å². The van der Waals surface area contributed by atoms with Gasteiger partial charge in [0.2, 0.25) is 0 Å². The molecule has 1 nitrogen and oxygen atoms in total. The van der Waals surface area contributed by atoms with E-state index in [-0.39, 0.29) is 0 Å². The van der Waals surface area contributed by atoms with Crippen molar-refractivity contribution in [3.05, 3.63) is 91.0 Å². The van der Waals surface area contributed by atoms with Gasteiger partial charge in [-0.15, -0.1) is 0 Å². The van der Waals surface area contributed by atoms with Gasteiger partial charge in [0.25, 0.3) is 0 Å². The van der Waals surface area contributed by atoms with Crippen molar-refractivity contribution in [2.75, 3.05) is 6.16 Å². The molecular weight excluding hydrogens is 278 g/mol. The van der Waals surface area contributed by atoms with Crippen LogP contribution >= 0.6 is 7.26 Å². The maximum atomic E-state index is 11.6. The summed E-state index contributed by atoms with van der Waals surface area (Å²) in [6, 6.07) is 31.4. The average Bonchev–Trinajstić information content (AvgIpc) is 2.62. The summed E-state index contributed by atoms with van der Waals surface area (Å²) in [5, 5.41) is 3.83. The van der Waals surface area contributed by atoms with Crippen LogP contribution in [0.1, 0.15) is 0 Å². The molecule has 3 rings (SSSR count). The normalized spacial score (nSPS) is 11.8. The van der Waals surface area contributed by atoms with Crippen LogP contribution in [0.3, 0.4) is 0 Å². The standard InChI is InChI=1S/C20H19OP/c21-16-17-22(18-10-4-1-5-11-18,19-12-6-2-7-13-19)20-14-8-3-9-15-20/h1-16,22H,17H2/i16-9. The molecule has 0 bridgehead atoms. The van der Waals surface area contributed by atoms with Crippen LogP contribution in [0.2, 0.25) is 0 Å². The molecule has 0 aliphatic carbocycles. The fourth-order valence-corrected chi connectivity index (χ4v) is 7.39. The molecule has 0 heterocycles. The predicted octanol–water partition coefficient (Wildman–Crippen LogP) is 2.91. The average molecular weight is 297 g/mol. The van der Waals surface area contributed by atoms with E-state index in [0.29, 0.717) is 6.16 Å². The van der Waals surface area contributed by atoms with Crippen molar-refractivity contribution in [2.24, 2.45) is 0 Å². The van der Waals surface area contributed by atoms with Crippen LogP contribution in [0.25, 0.3) is 0 Å². The number of carbonyl (C=O) groups is 1. The van der Waals surface area contributed by atoms with Crippen LogP contribution in [0.15, 0.2) is 91.0 Å². The van der Waals surface area contributed by atoms with E-state index in [2.05, 4.69) is 72.8 Å². The first kappa shape index (κ1) is 14.7. The third-order valence-corrected chi connectivity index (χ3v) is 8.93. The fourth-order valence-electron chi connectivity index (χ4n) is 3.15. The molecule has 0 fully saturated rings. The summed E-state index contributed by atoms with van der Waals surface area (Å²) in [5.74, 6) is 0. The predicted molar refractivity (Wildman–Crippen MR) is 97.5 cm³/mol. The van der Waals surface area contributed by atoms with Crippen molar-refractivity contribution >= 4 is 29.5 Å². The van der Waals surface area contributed by atoms with E-state index in [4.69, 9.17) is 0 Å². The van der Waals surface area contributed by atoms with Crippen LogP contribution in [-0.2, 0) is 4.79 Å². The maximum absolute atomic E-state index is 11.6. The molecule has 0 aliphatic rings. The molecule has 2 heteroatoms. The second kappa shape index (κ2) is 6.68. The van der Waals surface area contributed by atoms with Crippen molar-refractivity contribution in [3.8, 4) is 0 Å². The monoisotopic (exact) mass is 297 g/mol. The van der Waals surface area contributed by atoms with E-state index in [1.807, 2.05) is 18.2 Å². The zero-order valence-electron chi connectivity index (χ0n) is 12.4. The molecule has 0 amide bonds. The number of benzene rings is 3. The zero-order chi connectivity index (χ0) is 15.3. The summed E-state index contributed by atoms with van der Waals surface area (Å²) in [6.07, 6.45) is 1.64. The minimum atomic E-state index is -2.29. The molecule has 110 valence electrons. The Morgan fingerprint density at radius 1 is 0.591 bits per heavy atom. The van der Waals surface area contributed by atoms with Crippen molar-refractivity contribution in [3.63, 3.8) is 0 Å². The molecule has 0 N–H and O–H groups in total. The summed E-state index contributed by atoms with van der Waals surface area (Å²) < 4.78 is 0. The summed E-state index contributed by atoms with van der Waals surface area (Å²) in [7, 11) is -2.29. The summed E-state index contributed by atoms with van der Waals surface area (Å²) in [5.41, 5.74) is 0. The van der Waals surface area contributed by atoms with Gasteiger partial charge in [0.15, 0.2) is 0 Å². The van der Waals surface area contributed by atoms with Gasteiger partial charge >= 0.3 is 131 Å². The van der Waals surface area contributed by atoms with Gasteiger partial charge in [-0.2, -0.15) is 0 Å². The van der Waals surface area contributed by atoms with Crippen molar-refractivity contribution in [1.29, 1.82) is 0 Å². The Morgan fingerprint density at radius 3 is 1.18 bits per heavy atom. The second-order valence-corrected chi connectivity index (χ2v) is 9.33. The number of hydrogen-bond donors (Lipinski definition) is 0. The summed E-state index contributed by atoms with van der Waals surface area (Å²) >= 11 is 0. The van der Waals surface area contributed by atoms with Crippen molar-refractivity contribution < 1.29 is 4.79 Å². The van der Waals surface area contributed by atoms with Gasteiger partial charge in [0, 0.05) is 0 Å². The van der Waals surface area contributed by atoms with E-state index in [0.717, 1.165) is 6.29 Å². The van der Waals surface area contributed by atoms with Gasteiger partial charge in [0.1, 0.15) is 0 Å². The Balaban J connectivity index is 2.31. The molecule has 0 atom stereocenters. The molecule has 0 saturated heterocycles. The van der Waals surface area contributed by atoms with E-state index >= 15 is 0 Å². The first-order valence-electron chi connectivity index (χ1n) is 7.48. The SMILES string of the molecule is O=[3CH]C[PH](c1ccccc1)(c1ccccc1)c1ccccc1. The molecule has 0 aromatic heterocycles. The molecule has 0 saturated carbocycles. The van der Waals surface area contributed by atoms with Gasteiger partial charge < -0.3 is 0 Å². The van der Waals surface area contributed by atoms with Crippen LogP contribution in [-0.4, -0.2) is 12.4 Å². The van der Waals surface area contributed by atoms with E-state index < -0.39 is 7.26 Å². The van der Waals surface area contributed by atoms with Gasteiger partial charge in [0.05, 0.1) is 0 Å². The Hall–Kier alpha value is -2.24. The molecule has 3 aromatic carbocycles. The molecule has 0 aliphatic heterocycles. The third kappa shape index (κ3) is 2.61. The van der Waals surface area contributed by atoms with Crippen LogP contribution in [0, 0.1) is 0 Å². The third-order valence-electron chi connectivity index (χ3n) is 4.19. The zero-order valence-corrected chi connectivity index (χ0v) is 13.4. The Kier molecular flexibility index (Phi) is 4.46. The minimum absolute atomic E-state index is 0.561. The van der Waals surface area contributed by atoms with Gasteiger partial charge in [-0.25, -0.2) is 0 Å². The van der Waals surface area contributed by atoms with Gasteiger partial charge in [-0.05, 0) is 0 Å². The van der Waals surface area contributed by atoms with E-state index in [1.165, 1.54) is 15.9 Å². The van der Waals surface area contributed by atoms with Gasteiger partial charge in [-0.1, -0.05) is 0 Å². The number of hydrogen-bond acceptors (Lipinski definition) is 1. The van der Waals surface area contributed by atoms with Crippen molar-refractivity contribution in [2.45, 2.75) is 0 Å². The van der Waals surface area contributed by atoms with E-state index in [1.54, 1.807) is 0 Å². The van der Waals surface area contributed by atoms with E-state index in [9.17, 15) is 4.79 Å². The Bertz CT molecular complexity index is 627. The van der Waals surface area contributed by atoms with Crippen LogP contribution < -0.4 is 15.9 Å². The Morgan fingerprint density at radius 2 is 0.909 bits per heavy atom. The van der Waals surface area contributed by atoms with Crippen molar-refractivity contribution in [1.82, 2.24) is 0 Å². The molecule has 22 heavy (non-hydrogen) atoms. The summed E-state index contributed by atoms with van der Waals surface area (Å²) in [4.78, 5) is 11.6. The quantitative estimate of drug-likeness (QED) is 0.523. The Labute approximate surface area is 132 Å². The fraction of sp³-hybridized carbons (Fsp3) is 0.0500. The number of carbonyl (C=O) groups excluding carboxylic acids is 1.